The first-order chi connectivity index (χ1) is 11.8. The molecule has 0 saturated carbocycles. The zero-order valence-electron chi connectivity index (χ0n) is 13.6. The van der Waals surface area contributed by atoms with E-state index < -0.39 is 7.49 Å². The summed E-state index contributed by atoms with van der Waals surface area (Å²) < 4.78 is 6.22. The second-order valence-corrected chi connectivity index (χ2v) is 8.38. The SMILES string of the molecule is CCC(=O)O[P+](c1ccccc1)(c1ccccc1)c1ccccc1. The van der Waals surface area contributed by atoms with Crippen molar-refractivity contribution in [2.75, 3.05) is 0 Å². The standard InChI is InChI=1S/C21H20O2P/c1-2-21(22)23-24(18-12-6-3-7-13-18,19-14-8-4-9-15-19)20-16-10-5-11-17-20/h3-17H,2H2,1H3/q+1. The molecule has 0 aliphatic heterocycles. The summed E-state index contributed by atoms with van der Waals surface area (Å²) in [5.41, 5.74) is 0. The Labute approximate surface area is 143 Å². The molecule has 3 heteroatoms. The smallest absolute Gasteiger partial charge is 0.297 e. The predicted molar refractivity (Wildman–Crippen MR) is 102 cm³/mol. The van der Waals surface area contributed by atoms with Gasteiger partial charge in [-0.25, -0.2) is 4.79 Å². The summed E-state index contributed by atoms with van der Waals surface area (Å²) in [4.78, 5) is 12.4. The zero-order chi connectivity index (χ0) is 16.8. The van der Waals surface area contributed by atoms with Gasteiger partial charge in [0.2, 0.25) is 0 Å². The average Bonchev–Trinajstić information content (AvgIpc) is 2.68. The van der Waals surface area contributed by atoms with Gasteiger partial charge < -0.3 is 0 Å². The molecule has 120 valence electrons. The second kappa shape index (κ2) is 7.42. The van der Waals surface area contributed by atoms with Crippen LogP contribution in [0.2, 0.25) is 0 Å². The van der Waals surface area contributed by atoms with Crippen LogP contribution < -0.4 is 15.9 Å². The van der Waals surface area contributed by atoms with Gasteiger partial charge in [-0.05, 0) is 36.4 Å². The van der Waals surface area contributed by atoms with E-state index in [-0.39, 0.29) is 5.97 Å². The van der Waals surface area contributed by atoms with Gasteiger partial charge in [0.1, 0.15) is 15.9 Å². The Morgan fingerprint density at radius 3 is 1.33 bits per heavy atom. The van der Waals surface area contributed by atoms with E-state index in [0.717, 1.165) is 15.9 Å². The maximum atomic E-state index is 12.4. The van der Waals surface area contributed by atoms with E-state index in [1.807, 2.05) is 61.5 Å². The van der Waals surface area contributed by atoms with Crippen molar-refractivity contribution < 1.29 is 9.32 Å². The fourth-order valence-corrected chi connectivity index (χ4v) is 6.16. The van der Waals surface area contributed by atoms with Crippen LogP contribution in [0.3, 0.4) is 0 Å². The van der Waals surface area contributed by atoms with E-state index >= 15 is 0 Å². The van der Waals surface area contributed by atoms with E-state index in [1.165, 1.54) is 0 Å². The van der Waals surface area contributed by atoms with Crippen LogP contribution >= 0.6 is 7.49 Å². The molecule has 0 atom stereocenters. The molecular weight excluding hydrogens is 315 g/mol. The summed E-state index contributed by atoms with van der Waals surface area (Å²) >= 11 is 0. The van der Waals surface area contributed by atoms with Crippen LogP contribution in [-0.4, -0.2) is 5.97 Å². The lowest BCUT2D eigenvalue weighted by Crippen LogP contribution is -2.34. The van der Waals surface area contributed by atoms with Crippen molar-refractivity contribution in [2.24, 2.45) is 0 Å². The van der Waals surface area contributed by atoms with Gasteiger partial charge in [-0.2, -0.15) is 0 Å². The zero-order valence-corrected chi connectivity index (χ0v) is 14.5. The molecule has 0 aliphatic carbocycles. The topological polar surface area (TPSA) is 26.3 Å². The minimum atomic E-state index is -2.48. The van der Waals surface area contributed by atoms with Gasteiger partial charge in [-0.15, -0.1) is 0 Å². The van der Waals surface area contributed by atoms with E-state index in [1.54, 1.807) is 0 Å². The Balaban J connectivity index is 2.30. The Morgan fingerprint density at radius 1 is 0.708 bits per heavy atom. The van der Waals surface area contributed by atoms with Crippen molar-refractivity contribution in [1.29, 1.82) is 0 Å². The molecule has 0 aromatic heterocycles. The molecule has 0 radical (unpaired) electrons. The Kier molecular flexibility index (Phi) is 5.08. The van der Waals surface area contributed by atoms with Gasteiger partial charge in [0.25, 0.3) is 7.49 Å². The highest BCUT2D eigenvalue weighted by Gasteiger charge is 2.50. The van der Waals surface area contributed by atoms with E-state index in [2.05, 4.69) is 36.4 Å². The molecule has 3 rings (SSSR count). The van der Waals surface area contributed by atoms with Crippen LogP contribution in [0.4, 0.5) is 0 Å². The highest BCUT2D eigenvalue weighted by atomic mass is 31.2. The molecule has 0 saturated heterocycles. The minimum absolute atomic E-state index is 0.181. The molecule has 0 spiro atoms. The lowest BCUT2D eigenvalue weighted by Gasteiger charge is -2.24. The fourth-order valence-electron chi connectivity index (χ4n) is 2.74. The van der Waals surface area contributed by atoms with Crippen molar-refractivity contribution >= 4 is 29.4 Å². The maximum absolute atomic E-state index is 12.4. The molecule has 3 aromatic rings. The first-order valence-corrected chi connectivity index (χ1v) is 9.76. The molecule has 0 fully saturated rings. The fraction of sp³-hybridized carbons (Fsp3) is 0.0952. The number of hydrogen-bond donors (Lipinski definition) is 0. The van der Waals surface area contributed by atoms with E-state index in [0.29, 0.717) is 6.42 Å². The summed E-state index contributed by atoms with van der Waals surface area (Å²) in [6, 6.07) is 30.2. The molecule has 0 aliphatic rings. The second-order valence-electron chi connectivity index (χ2n) is 5.43. The number of benzene rings is 3. The molecular formula is C21H20O2P+. The molecule has 0 bridgehead atoms. The maximum Gasteiger partial charge on any atom is 0.351 e. The third-order valence-electron chi connectivity index (χ3n) is 3.89. The van der Waals surface area contributed by atoms with Gasteiger partial charge >= 0.3 is 5.97 Å². The van der Waals surface area contributed by atoms with Crippen LogP contribution in [0.25, 0.3) is 0 Å². The summed E-state index contributed by atoms with van der Waals surface area (Å²) in [7, 11) is -2.48. The quantitative estimate of drug-likeness (QED) is 0.662. The largest absolute Gasteiger partial charge is 0.351 e. The van der Waals surface area contributed by atoms with Crippen molar-refractivity contribution in [3.63, 3.8) is 0 Å². The van der Waals surface area contributed by atoms with E-state index in [4.69, 9.17) is 4.52 Å². The molecule has 0 unspecified atom stereocenters. The van der Waals surface area contributed by atoms with Gasteiger partial charge in [0, 0.05) is 6.42 Å². The van der Waals surface area contributed by atoms with Gasteiger partial charge in [-0.1, -0.05) is 61.5 Å². The van der Waals surface area contributed by atoms with Crippen molar-refractivity contribution in [3.05, 3.63) is 91.0 Å². The Hall–Kier alpha value is -2.44. The first-order valence-electron chi connectivity index (χ1n) is 8.05. The third-order valence-corrected chi connectivity index (χ3v) is 7.44. The van der Waals surface area contributed by atoms with Crippen molar-refractivity contribution in [1.82, 2.24) is 0 Å². The van der Waals surface area contributed by atoms with Crippen LogP contribution in [-0.2, 0) is 9.32 Å². The highest BCUT2D eigenvalue weighted by Crippen LogP contribution is 2.56. The van der Waals surface area contributed by atoms with Gasteiger partial charge in [0.15, 0.2) is 0 Å². The number of hydrogen-bond acceptors (Lipinski definition) is 2. The summed E-state index contributed by atoms with van der Waals surface area (Å²) in [6.45, 7) is 1.83. The predicted octanol–water partition coefficient (Wildman–Crippen LogP) is 3.85. The summed E-state index contributed by atoms with van der Waals surface area (Å²) in [6.07, 6.45) is 0.355. The number of rotatable bonds is 5. The number of carbonyl (C=O) groups is 1. The average molecular weight is 335 g/mol. The van der Waals surface area contributed by atoms with Crippen LogP contribution in [0.15, 0.2) is 91.0 Å². The normalized spacial score (nSPS) is 11.0. The molecule has 0 amide bonds. The van der Waals surface area contributed by atoms with Gasteiger partial charge in [0.05, 0.1) is 0 Å². The van der Waals surface area contributed by atoms with Crippen LogP contribution in [0, 0.1) is 0 Å². The van der Waals surface area contributed by atoms with Crippen LogP contribution in [0.1, 0.15) is 13.3 Å². The molecule has 2 nitrogen and oxygen atoms in total. The molecule has 24 heavy (non-hydrogen) atoms. The lowest BCUT2D eigenvalue weighted by atomic mass is 10.4. The molecule has 3 aromatic carbocycles. The van der Waals surface area contributed by atoms with Crippen LogP contribution in [0.5, 0.6) is 0 Å². The summed E-state index contributed by atoms with van der Waals surface area (Å²) in [5.74, 6) is -0.181. The van der Waals surface area contributed by atoms with Crippen molar-refractivity contribution in [2.45, 2.75) is 13.3 Å². The third kappa shape index (κ3) is 3.11. The van der Waals surface area contributed by atoms with Crippen molar-refractivity contribution in [3.8, 4) is 0 Å². The molecule has 0 N–H and O–H groups in total. The monoisotopic (exact) mass is 335 g/mol. The highest BCUT2D eigenvalue weighted by molar-refractivity contribution is 7.92. The van der Waals surface area contributed by atoms with E-state index in [9.17, 15) is 4.79 Å². The molecule has 0 heterocycles. The lowest BCUT2D eigenvalue weighted by molar-refractivity contribution is -0.133. The van der Waals surface area contributed by atoms with Gasteiger partial charge in [-0.3, -0.25) is 4.52 Å². The Morgan fingerprint density at radius 2 is 1.04 bits per heavy atom. The minimum Gasteiger partial charge on any atom is -0.297 e. The summed E-state index contributed by atoms with van der Waals surface area (Å²) in [5, 5.41) is 3.14. The number of carbonyl (C=O) groups excluding carboxylic acids is 1. The Bertz CT molecular complexity index is 689. The first kappa shape index (κ1) is 16.4.